The van der Waals surface area contributed by atoms with E-state index in [2.05, 4.69) is 35.2 Å². The molecule has 2 aromatic carbocycles. The number of nitrogens with zero attached hydrogens (tertiary/aromatic N) is 2. The molecule has 0 radical (unpaired) electrons. The number of rotatable bonds is 4. The Morgan fingerprint density at radius 2 is 1.72 bits per heavy atom. The van der Waals surface area contributed by atoms with E-state index in [0.717, 1.165) is 43.9 Å². The van der Waals surface area contributed by atoms with Crippen LogP contribution in [0.5, 0.6) is 5.75 Å². The topological polar surface area (TPSA) is 42.0 Å². The molecule has 2 aromatic rings. The molecule has 0 aliphatic carbocycles. The van der Waals surface area contributed by atoms with E-state index in [0.29, 0.717) is 6.61 Å². The number of hydrogen-bond donors (Lipinski definition) is 0. The zero-order valence-corrected chi connectivity index (χ0v) is 17.6. The molecular formula is C24H30N2O3. The molecule has 0 aromatic heterocycles. The molecule has 5 nitrogen and oxygen atoms in total. The number of amides is 1. The van der Waals surface area contributed by atoms with Crippen LogP contribution >= 0.6 is 0 Å². The van der Waals surface area contributed by atoms with Crippen LogP contribution < -0.4 is 9.64 Å². The summed E-state index contributed by atoms with van der Waals surface area (Å²) in [5, 5.41) is 0. The third-order valence-electron chi connectivity index (χ3n) is 6.20. The Bertz CT molecular complexity index is 855. The van der Waals surface area contributed by atoms with Crippen LogP contribution in [0.15, 0.2) is 48.5 Å². The molecule has 4 rings (SSSR count). The van der Waals surface area contributed by atoms with E-state index in [9.17, 15) is 4.79 Å². The number of carbonyl (C=O) groups excluding carboxylic acids is 1. The second-order valence-corrected chi connectivity index (χ2v) is 8.40. The van der Waals surface area contributed by atoms with Crippen LogP contribution in [-0.4, -0.2) is 50.7 Å². The Labute approximate surface area is 173 Å². The lowest BCUT2D eigenvalue weighted by molar-refractivity contribution is -0.151. The smallest absolute Gasteiger partial charge is 0.231 e. The normalized spacial score (nSPS) is 19.6. The first-order valence-corrected chi connectivity index (χ1v) is 10.4. The minimum Gasteiger partial charge on any atom is -0.497 e. The number of methoxy groups -OCH3 is 1. The van der Waals surface area contributed by atoms with Gasteiger partial charge >= 0.3 is 0 Å². The molecule has 0 bridgehead atoms. The van der Waals surface area contributed by atoms with E-state index in [1.807, 2.05) is 36.9 Å². The molecule has 1 fully saturated rings. The summed E-state index contributed by atoms with van der Waals surface area (Å²) in [7, 11) is 1.68. The van der Waals surface area contributed by atoms with Crippen molar-refractivity contribution in [1.82, 2.24) is 4.90 Å². The van der Waals surface area contributed by atoms with Crippen LogP contribution in [0.2, 0.25) is 0 Å². The Balaban J connectivity index is 1.44. The maximum absolute atomic E-state index is 13.5. The average Bonchev–Trinajstić information content (AvgIpc) is 2.78. The fourth-order valence-electron chi connectivity index (χ4n) is 4.47. The van der Waals surface area contributed by atoms with Gasteiger partial charge in [0.05, 0.1) is 25.2 Å². The summed E-state index contributed by atoms with van der Waals surface area (Å²) in [5.41, 5.74) is 3.03. The lowest BCUT2D eigenvalue weighted by Crippen LogP contribution is -2.53. The van der Waals surface area contributed by atoms with Crippen molar-refractivity contribution in [2.24, 2.45) is 5.41 Å². The van der Waals surface area contributed by atoms with Gasteiger partial charge in [-0.2, -0.15) is 0 Å². The predicted molar refractivity (Wildman–Crippen MR) is 114 cm³/mol. The number of ether oxygens (including phenoxy) is 2. The largest absolute Gasteiger partial charge is 0.497 e. The summed E-state index contributed by atoms with van der Waals surface area (Å²) in [5.74, 6) is 1.03. The lowest BCUT2D eigenvalue weighted by atomic mass is 9.78. The molecule has 0 N–H and O–H groups in total. The molecule has 2 aliphatic rings. The van der Waals surface area contributed by atoms with Crippen molar-refractivity contribution >= 4 is 11.6 Å². The van der Waals surface area contributed by atoms with Crippen LogP contribution in [0.4, 0.5) is 5.69 Å². The van der Waals surface area contributed by atoms with Crippen molar-refractivity contribution in [1.29, 1.82) is 0 Å². The minimum atomic E-state index is -0.598. The zero-order chi connectivity index (χ0) is 20.4. The number of carbonyl (C=O) groups is 1. The highest BCUT2D eigenvalue weighted by Crippen LogP contribution is 2.42. The maximum Gasteiger partial charge on any atom is 0.231 e. The van der Waals surface area contributed by atoms with Crippen LogP contribution in [-0.2, 0) is 16.0 Å². The molecule has 0 saturated carbocycles. The highest BCUT2D eigenvalue weighted by Gasteiger charge is 2.43. The van der Waals surface area contributed by atoms with Crippen LogP contribution in [0, 0.1) is 5.41 Å². The van der Waals surface area contributed by atoms with Crippen molar-refractivity contribution in [3.63, 3.8) is 0 Å². The van der Waals surface area contributed by atoms with E-state index in [1.165, 1.54) is 11.3 Å². The van der Waals surface area contributed by atoms with Gasteiger partial charge in [0, 0.05) is 31.9 Å². The fraction of sp³-hybridized carbons (Fsp3) is 0.458. The molecule has 1 unspecified atom stereocenters. The third-order valence-corrected chi connectivity index (χ3v) is 6.20. The van der Waals surface area contributed by atoms with E-state index in [-0.39, 0.29) is 12.0 Å². The summed E-state index contributed by atoms with van der Waals surface area (Å²) < 4.78 is 11.4. The summed E-state index contributed by atoms with van der Waals surface area (Å²) >= 11 is 0. The zero-order valence-electron chi connectivity index (χ0n) is 17.6. The second kappa shape index (κ2) is 8.07. The van der Waals surface area contributed by atoms with Crippen molar-refractivity contribution in [3.8, 4) is 5.75 Å². The summed E-state index contributed by atoms with van der Waals surface area (Å²) in [6.45, 7) is 7.83. The van der Waals surface area contributed by atoms with Gasteiger partial charge in [-0.15, -0.1) is 0 Å². The van der Waals surface area contributed by atoms with Gasteiger partial charge < -0.3 is 19.3 Å². The van der Waals surface area contributed by atoms with E-state index in [1.54, 1.807) is 7.11 Å². The Morgan fingerprint density at radius 1 is 1.03 bits per heavy atom. The maximum atomic E-state index is 13.5. The first-order valence-electron chi connectivity index (χ1n) is 10.4. The Kier molecular flexibility index (Phi) is 5.50. The average molecular weight is 395 g/mol. The predicted octanol–water partition coefficient (Wildman–Crippen LogP) is 3.68. The van der Waals surface area contributed by atoms with Crippen LogP contribution in [0.1, 0.15) is 31.1 Å². The Hall–Kier alpha value is -2.53. The molecule has 2 aliphatic heterocycles. The second-order valence-electron chi connectivity index (χ2n) is 8.40. The van der Waals surface area contributed by atoms with Crippen LogP contribution in [0.3, 0.4) is 0 Å². The van der Waals surface area contributed by atoms with Crippen LogP contribution in [0.25, 0.3) is 0 Å². The molecule has 0 spiro atoms. The first-order chi connectivity index (χ1) is 14.0. The van der Waals surface area contributed by atoms with Crippen molar-refractivity contribution in [3.05, 3.63) is 59.7 Å². The summed E-state index contributed by atoms with van der Waals surface area (Å²) in [4.78, 5) is 17.8. The van der Waals surface area contributed by atoms with E-state index < -0.39 is 5.41 Å². The molecule has 2 heterocycles. The number of anilines is 1. The van der Waals surface area contributed by atoms with Crippen molar-refractivity contribution in [2.45, 2.75) is 26.4 Å². The molecule has 29 heavy (non-hydrogen) atoms. The standard InChI is InChI=1S/C24H30N2O3/c1-24(2,22-21-7-5-4-6-18(21)12-17-29-22)23(27)26-15-13-25(14-16-26)19-8-10-20(28-3)11-9-19/h4-11,22H,12-17H2,1-3H3. The number of hydrogen-bond acceptors (Lipinski definition) is 4. The molecule has 5 heteroatoms. The van der Waals surface area contributed by atoms with Gasteiger partial charge in [0.25, 0.3) is 0 Å². The van der Waals surface area contributed by atoms with Gasteiger partial charge in [0.15, 0.2) is 0 Å². The first kappa shape index (κ1) is 19.8. The van der Waals surface area contributed by atoms with Gasteiger partial charge in [-0.3, -0.25) is 4.79 Å². The van der Waals surface area contributed by atoms with Crippen molar-refractivity contribution < 1.29 is 14.3 Å². The molecule has 1 amide bonds. The summed E-state index contributed by atoms with van der Waals surface area (Å²) in [6.07, 6.45) is 0.719. The van der Waals surface area contributed by atoms with Gasteiger partial charge in [-0.25, -0.2) is 0 Å². The molecule has 1 atom stereocenters. The van der Waals surface area contributed by atoms with Crippen molar-refractivity contribution in [2.75, 3.05) is 44.8 Å². The van der Waals surface area contributed by atoms with Gasteiger partial charge in [-0.05, 0) is 55.7 Å². The van der Waals surface area contributed by atoms with Gasteiger partial charge in [-0.1, -0.05) is 24.3 Å². The number of fused-ring (bicyclic) bond motifs is 1. The highest BCUT2D eigenvalue weighted by atomic mass is 16.5. The molecular weight excluding hydrogens is 364 g/mol. The third kappa shape index (κ3) is 3.84. The molecule has 1 saturated heterocycles. The number of piperazine rings is 1. The monoisotopic (exact) mass is 394 g/mol. The summed E-state index contributed by atoms with van der Waals surface area (Å²) in [6, 6.07) is 16.5. The SMILES string of the molecule is COc1ccc(N2CCN(C(=O)C(C)(C)C3OCCc4ccccc43)CC2)cc1. The van der Waals surface area contributed by atoms with E-state index in [4.69, 9.17) is 9.47 Å². The lowest BCUT2D eigenvalue weighted by Gasteiger charge is -2.43. The number of benzene rings is 2. The fourth-order valence-corrected chi connectivity index (χ4v) is 4.47. The Morgan fingerprint density at radius 3 is 2.41 bits per heavy atom. The van der Waals surface area contributed by atoms with Gasteiger partial charge in [0.2, 0.25) is 5.91 Å². The highest BCUT2D eigenvalue weighted by molar-refractivity contribution is 5.83. The minimum absolute atomic E-state index is 0.175. The molecule has 154 valence electrons. The quantitative estimate of drug-likeness (QED) is 0.793. The van der Waals surface area contributed by atoms with Gasteiger partial charge in [0.1, 0.15) is 5.75 Å². The van der Waals surface area contributed by atoms with E-state index >= 15 is 0 Å².